The van der Waals surface area contributed by atoms with Gasteiger partial charge < -0.3 is 19.3 Å². The van der Waals surface area contributed by atoms with E-state index in [0.29, 0.717) is 42.3 Å². The summed E-state index contributed by atoms with van der Waals surface area (Å²) >= 11 is 6.01. The van der Waals surface area contributed by atoms with Crippen molar-refractivity contribution in [3.8, 4) is 0 Å². The van der Waals surface area contributed by atoms with Crippen LogP contribution >= 0.6 is 11.6 Å². The van der Waals surface area contributed by atoms with Gasteiger partial charge in [0.25, 0.3) is 0 Å². The minimum Gasteiger partial charge on any atom is -0.466 e. The van der Waals surface area contributed by atoms with Gasteiger partial charge in [0.05, 0.1) is 24.7 Å². The highest BCUT2D eigenvalue weighted by Gasteiger charge is 2.38. The zero-order valence-corrected chi connectivity index (χ0v) is 20.6. The molecule has 8 nitrogen and oxygen atoms in total. The summed E-state index contributed by atoms with van der Waals surface area (Å²) in [4.78, 5) is 54.2. The van der Waals surface area contributed by atoms with Crippen LogP contribution in [0.1, 0.15) is 51.5 Å². The number of amides is 2. The first-order valence-corrected chi connectivity index (χ1v) is 12.0. The number of halogens is 1. The Kier molecular flexibility index (Phi) is 8.72. The first kappa shape index (κ1) is 25.7. The summed E-state index contributed by atoms with van der Waals surface area (Å²) in [6.45, 7) is 6.20. The van der Waals surface area contributed by atoms with E-state index in [4.69, 9.17) is 21.1 Å². The lowest BCUT2D eigenvalue weighted by atomic mass is 9.83. The van der Waals surface area contributed by atoms with Crippen LogP contribution in [0.25, 0.3) is 0 Å². The van der Waals surface area contributed by atoms with E-state index in [1.54, 1.807) is 49.9 Å². The summed E-state index contributed by atoms with van der Waals surface area (Å²) in [5, 5.41) is 0.555. The highest BCUT2D eigenvalue weighted by atomic mass is 35.5. The first-order chi connectivity index (χ1) is 16.3. The average molecular weight is 491 g/mol. The Labute approximate surface area is 204 Å². The molecule has 1 saturated heterocycles. The zero-order chi connectivity index (χ0) is 24.8. The third-order valence-electron chi connectivity index (χ3n) is 6.28. The number of rotatable bonds is 7. The second-order valence-electron chi connectivity index (χ2n) is 8.44. The van der Waals surface area contributed by atoms with Crippen LogP contribution in [-0.4, -0.2) is 66.4 Å². The van der Waals surface area contributed by atoms with Crippen LogP contribution in [0.3, 0.4) is 0 Å². The smallest absolute Gasteiger partial charge is 0.336 e. The summed E-state index contributed by atoms with van der Waals surface area (Å²) in [6, 6.07) is 7.01. The van der Waals surface area contributed by atoms with E-state index >= 15 is 0 Å². The highest BCUT2D eigenvalue weighted by molar-refractivity contribution is 6.30. The summed E-state index contributed by atoms with van der Waals surface area (Å²) in [7, 11) is 0. The van der Waals surface area contributed by atoms with Crippen molar-refractivity contribution in [2.45, 2.75) is 46.0 Å². The second-order valence-corrected chi connectivity index (χ2v) is 8.88. The van der Waals surface area contributed by atoms with E-state index < -0.39 is 11.9 Å². The monoisotopic (exact) mass is 490 g/mol. The molecule has 34 heavy (non-hydrogen) atoms. The Balaban J connectivity index is 1.84. The Hall–Kier alpha value is -2.87. The number of likely N-dealkylation sites (tertiary alicyclic amines) is 1. The molecular weight excluding hydrogens is 460 g/mol. The predicted octanol–water partition coefficient (Wildman–Crippen LogP) is 3.29. The molecule has 2 amide bonds. The lowest BCUT2D eigenvalue weighted by Gasteiger charge is -2.37. The van der Waals surface area contributed by atoms with Crippen molar-refractivity contribution in [1.29, 1.82) is 0 Å². The molecule has 2 aliphatic rings. The molecule has 2 aliphatic heterocycles. The van der Waals surface area contributed by atoms with E-state index in [2.05, 4.69) is 0 Å². The number of carbonyl (C=O) groups is 4. The molecule has 0 bridgehead atoms. The summed E-state index contributed by atoms with van der Waals surface area (Å²) in [5.74, 6) is -2.19. The summed E-state index contributed by atoms with van der Waals surface area (Å²) < 4.78 is 10.4. The molecule has 3 rings (SSSR count). The Bertz CT molecular complexity index is 974. The van der Waals surface area contributed by atoms with Crippen molar-refractivity contribution >= 4 is 35.4 Å². The molecule has 0 radical (unpaired) electrons. The van der Waals surface area contributed by atoms with Gasteiger partial charge in [-0.1, -0.05) is 23.7 Å². The molecule has 184 valence electrons. The molecule has 1 aromatic carbocycles. The maximum absolute atomic E-state index is 13.1. The molecule has 0 spiro atoms. The van der Waals surface area contributed by atoms with Crippen molar-refractivity contribution in [3.05, 3.63) is 46.1 Å². The Morgan fingerprint density at radius 3 is 2.41 bits per heavy atom. The molecule has 2 heterocycles. The van der Waals surface area contributed by atoms with Gasteiger partial charge in [-0.25, -0.2) is 4.79 Å². The van der Waals surface area contributed by atoms with Gasteiger partial charge in [-0.3, -0.25) is 14.4 Å². The van der Waals surface area contributed by atoms with E-state index in [-0.39, 0.29) is 49.8 Å². The maximum Gasteiger partial charge on any atom is 0.336 e. The Morgan fingerprint density at radius 1 is 1.09 bits per heavy atom. The standard InChI is InChI=1S/C25H31ClN2O6/c1-4-33-24(31)18-7-6-12-27(14-18)22(30)15-28-16(3)23(25(32)34-5-2)20(13-21(28)29)17-8-10-19(26)11-9-17/h8-11,18,20H,4-7,12-15H2,1-3H3. The molecule has 0 N–H and O–H groups in total. The quantitative estimate of drug-likeness (QED) is 0.544. The van der Waals surface area contributed by atoms with Gasteiger partial charge in [0.2, 0.25) is 11.8 Å². The average Bonchev–Trinajstić information content (AvgIpc) is 2.82. The number of ether oxygens (including phenoxy) is 2. The number of allylic oxidation sites excluding steroid dienone is 1. The summed E-state index contributed by atoms with van der Waals surface area (Å²) in [6.07, 6.45) is 1.39. The Morgan fingerprint density at radius 2 is 1.76 bits per heavy atom. The van der Waals surface area contributed by atoms with Gasteiger partial charge in [0.1, 0.15) is 6.54 Å². The van der Waals surface area contributed by atoms with Crippen LogP contribution < -0.4 is 0 Å². The van der Waals surface area contributed by atoms with Crippen molar-refractivity contribution < 1.29 is 28.7 Å². The molecule has 9 heteroatoms. The minimum atomic E-state index is -0.509. The van der Waals surface area contributed by atoms with Gasteiger partial charge in [-0.15, -0.1) is 0 Å². The normalized spacial score (nSPS) is 20.9. The van der Waals surface area contributed by atoms with E-state index in [1.807, 2.05) is 0 Å². The number of esters is 2. The van der Waals surface area contributed by atoms with Gasteiger partial charge in [0, 0.05) is 36.1 Å². The SMILES string of the molecule is CCOC(=O)C1=C(C)N(CC(=O)N2CCCC(C(=O)OCC)C2)C(=O)CC1c1ccc(Cl)cc1. The fourth-order valence-electron chi connectivity index (χ4n) is 4.55. The van der Waals surface area contributed by atoms with Crippen LogP contribution in [0.2, 0.25) is 5.02 Å². The second kappa shape index (κ2) is 11.5. The fourth-order valence-corrected chi connectivity index (χ4v) is 4.67. The number of nitrogens with zero attached hydrogens (tertiary/aromatic N) is 2. The molecule has 0 aliphatic carbocycles. The number of piperidine rings is 1. The molecule has 2 atom stereocenters. The maximum atomic E-state index is 13.1. The molecule has 2 unspecified atom stereocenters. The van der Waals surface area contributed by atoms with Crippen molar-refractivity contribution in [2.75, 3.05) is 32.8 Å². The predicted molar refractivity (Wildman–Crippen MR) is 126 cm³/mol. The van der Waals surface area contributed by atoms with Crippen LogP contribution in [-0.2, 0) is 28.7 Å². The lowest BCUT2D eigenvalue weighted by molar-refractivity contribution is -0.152. The topological polar surface area (TPSA) is 93.2 Å². The third-order valence-corrected chi connectivity index (χ3v) is 6.53. The van der Waals surface area contributed by atoms with E-state index in [9.17, 15) is 19.2 Å². The van der Waals surface area contributed by atoms with Gasteiger partial charge >= 0.3 is 11.9 Å². The van der Waals surface area contributed by atoms with Crippen LogP contribution in [0.4, 0.5) is 0 Å². The van der Waals surface area contributed by atoms with Gasteiger partial charge in [-0.05, 0) is 51.3 Å². The molecule has 1 aromatic rings. The lowest BCUT2D eigenvalue weighted by Crippen LogP contribution is -2.49. The number of hydrogen-bond acceptors (Lipinski definition) is 6. The minimum absolute atomic E-state index is 0.0336. The fraction of sp³-hybridized carbons (Fsp3) is 0.520. The van der Waals surface area contributed by atoms with Crippen molar-refractivity contribution in [1.82, 2.24) is 9.80 Å². The zero-order valence-electron chi connectivity index (χ0n) is 19.8. The largest absolute Gasteiger partial charge is 0.466 e. The third kappa shape index (κ3) is 5.78. The first-order valence-electron chi connectivity index (χ1n) is 11.6. The summed E-state index contributed by atoms with van der Waals surface area (Å²) in [5.41, 5.74) is 1.54. The molecule has 0 aromatic heterocycles. The number of benzene rings is 1. The van der Waals surface area contributed by atoms with E-state index in [1.165, 1.54) is 4.90 Å². The highest BCUT2D eigenvalue weighted by Crippen LogP contribution is 2.37. The molecule has 1 fully saturated rings. The van der Waals surface area contributed by atoms with E-state index in [0.717, 1.165) is 5.56 Å². The number of hydrogen-bond donors (Lipinski definition) is 0. The van der Waals surface area contributed by atoms with Crippen LogP contribution in [0.5, 0.6) is 0 Å². The van der Waals surface area contributed by atoms with Crippen LogP contribution in [0, 0.1) is 5.92 Å². The number of carbonyl (C=O) groups excluding carboxylic acids is 4. The molecule has 0 saturated carbocycles. The van der Waals surface area contributed by atoms with Crippen molar-refractivity contribution in [2.24, 2.45) is 5.92 Å². The van der Waals surface area contributed by atoms with Gasteiger partial charge in [-0.2, -0.15) is 0 Å². The molecular formula is C25H31ClN2O6. The van der Waals surface area contributed by atoms with Crippen LogP contribution in [0.15, 0.2) is 35.5 Å². The van der Waals surface area contributed by atoms with Gasteiger partial charge in [0.15, 0.2) is 0 Å². The van der Waals surface area contributed by atoms with Crippen molar-refractivity contribution in [3.63, 3.8) is 0 Å².